The van der Waals surface area contributed by atoms with Gasteiger partial charge in [-0.25, -0.2) is 4.79 Å². The Labute approximate surface area is 68.0 Å². The second-order valence-corrected chi connectivity index (χ2v) is 2.42. The van der Waals surface area contributed by atoms with Crippen LogP contribution >= 0.6 is 0 Å². The van der Waals surface area contributed by atoms with Crippen molar-refractivity contribution < 1.29 is 23.0 Å². The molecule has 5 heteroatoms. The van der Waals surface area contributed by atoms with E-state index in [1.54, 1.807) is 0 Å². The monoisotopic (exact) mass is 178 g/mol. The van der Waals surface area contributed by atoms with Crippen molar-refractivity contribution in [2.24, 2.45) is 0 Å². The summed E-state index contributed by atoms with van der Waals surface area (Å²) in [5.41, 5.74) is 0. The molecule has 1 aliphatic heterocycles. The molecule has 1 heterocycles. The first-order valence-electron chi connectivity index (χ1n) is 3.38. The molecule has 0 aromatic carbocycles. The fourth-order valence-corrected chi connectivity index (χ4v) is 0.826. The first-order valence-corrected chi connectivity index (χ1v) is 3.38. The Morgan fingerprint density at radius 1 is 1.83 bits per heavy atom. The Morgan fingerprint density at radius 3 is 2.83 bits per heavy atom. The molecule has 0 saturated carbocycles. The molecule has 1 fully saturated rings. The van der Waals surface area contributed by atoms with Crippen LogP contribution < -0.4 is 0 Å². The van der Waals surface area contributed by atoms with Gasteiger partial charge < -0.3 is 9.47 Å². The fourth-order valence-electron chi connectivity index (χ4n) is 0.826. The molecule has 1 rings (SSSR count). The van der Waals surface area contributed by atoms with Crippen LogP contribution in [0.3, 0.4) is 0 Å². The van der Waals surface area contributed by atoms with Crippen molar-refractivity contribution in [2.75, 3.05) is 6.61 Å². The molecule has 1 aliphatic rings. The average molecular weight is 178 g/mol. The summed E-state index contributed by atoms with van der Waals surface area (Å²) in [6, 6.07) is 0. The quantitative estimate of drug-likeness (QED) is 0.479. The smallest absolute Gasteiger partial charge is 0.358 e. The van der Waals surface area contributed by atoms with Gasteiger partial charge in [-0.1, -0.05) is 6.58 Å². The molecular weight excluding hydrogens is 170 g/mol. The molecule has 12 heavy (non-hydrogen) atoms. The van der Waals surface area contributed by atoms with Gasteiger partial charge in [0, 0.05) is 6.08 Å². The largest absolute Gasteiger partial charge is 0.460 e. The van der Waals surface area contributed by atoms with Crippen molar-refractivity contribution in [2.45, 2.75) is 18.6 Å². The minimum atomic E-state index is -3.04. The van der Waals surface area contributed by atoms with Crippen molar-refractivity contribution in [1.29, 1.82) is 0 Å². The van der Waals surface area contributed by atoms with Crippen LogP contribution in [-0.4, -0.2) is 24.8 Å². The van der Waals surface area contributed by atoms with E-state index in [0.717, 1.165) is 6.08 Å². The highest BCUT2D eigenvalue weighted by Crippen LogP contribution is 2.35. The van der Waals surface area contributed by atoms with E-state index in [4.69, 9.17) is 0 Å². The van der Waals surface area contributed by atoms with Gasteiger partial charge in [-0.2, -0.15) is 8.78 Å². The van der Waals surface area contributed by atoms with Gasteiger partial charge >= 0.3 is 12.1 Å². The summed E-state index contributed by atoms with van der Waals surface area (Å²) in [5.74, 6) is -0.631. The van der Waals surface area contributed by atoms with Crippen LogP contribution in [0.1, 0.15) is 6.42 Å². The number of alkyl halides is 2. The number of carbonyl (C=O) groups is 1. The van der Waals surface area contributed by atoms with Crippen LogP contribution in [0.25, 0.3) is 0 Å². The third-order valence-corrected chi connectivity index (χ3v) is 1.38. The lowest BCUT2D eigenvalue weighted by Gasteiger charge is -2.34. The average Bonchev–Trinajstić information content (AvgIpc) is 1.96. The number of ether oxygens (including phenoxy) is 2. The van der Waals surface area contributed by atoms with Gasteiger partial charge in [0.15, 0.2) is 0 Å². The maximum atomic E-state index is 12.0. The molecule has 0 radical (unpaired) electrons. The summed E-state index contributed by atoms with van der Waals surface area (Å²) in [7, 11) is 0. The zero-order chi connectivity index (χ0) is 9.19. The van der Waals surface area contributed by atoms with E-state index >= 15 is 0 Å². The Kier molecular flexibility index (Phi) is 2.42. The van der Waals surface area contributed by atoms with Gasteiger partial charge in [-0.15, -0.1) is 0 Å². The fraction of sp³-hybridized carbons (Fsp3) is 0.571. The minimum Gasteiger partial charge on any atom is -0.460 e. The molecule has 1 atom stereocenters. The first kappa shape index (κ1) is 9.12. The number of hydrogen-bond donors (Lipinski definition) is 0. The Balaban J connectivity index is 2.12. The third-order valence-electron chi connectivity index (χ3n) is 1.38. The molecule has 0 aromatic heterocycles. The highest BCUT2D eigenvalue weighted by Gasteiger charge is 2.47. The van der Waals surface area contributed by atoms with E-state index in [1.807, 2.05) is 0 Å². The zero-order valence-electron chi connectivity index (χ0n) is 6.26. The molecule has 0 amide bonds. The normalized spacial score (nSPS) is 25.7. The molecule has 0 bridgehead atoms. The Bertz CT molecular complexity index is 195. The predicted octanol–water partition coefficient (Wildman–Crippen LogP) is 1.10. The molecule has 0 spiro atoms. The topological polar surface area (TPSA) is 35.5 Å². The molecule has 0 N–H and O–H groups in total. The van der Waals surface area contributed by atoms with Gasteiger partial charge in [0.25, 0.3) is 0 Å². The first-order chi connectivity index (χ1) is 5.53. The highest BCUT2D eigenvalue weighted by atomic mass is 19.3. The summed E-state index contributed by atoms with van der Waals surface area (Å²) in [4.78, 5) is 10.4. The van der Waals surface area contributed by atoms with Crippen molar-refractivity contribution >= 4 is 5.97 Å². The van der Waals surface area contributed by atoms with Crippen molar-refractivity contribution in [3.8, 4) is 0 Å². The van der Waals surface area contributed by atoms with Gasteiger partial charge in [-0.3, -0.25) is 0 Å². The molecular formula is C7H8F2O3. The Hall–Kier alpha value is -0.970. The zero-order valence-corrected chi connectivity index (χ0v) is 6.26. The maximum Gasteiger partial charge on any atom is 0.358 e. The molecule has 68 valence electrons. The SMILES string of the molecule is C=CC(=O)OCC1CC(F)(F)O1. The van der Waals surface area contributed by atoms with E-state index in [0.29, 0.717) is 0 Å². The van der Waals surface area contributed by atoms with E-state index in [9.17, 15) is 13.6 Å². The van der Waals surface area contributed by atoms with Crippen LogP contribution in [0.15, 0.2) is 12.7 Å². The van der Waals surface area contributed by atoms with Gasteiger partial charge in [-0.05, 0) is 0 Å². The van der Waals surface area contributed by atoms with Gasteiger partial charge in [0.05, 0.1) is 6.42 Å². The summed E-state index contributed by atoms with van der Waals surface area (Å²) in [6.07, 6.45) is -3.14. The minimum absolute atomic E-state index is 0.138. The molecule has 1 saturated heterocycles. The van der Waals surface area contributed by atoms with Crippen molar-refractivity contribution in [1.82, 2.24) is 0 Å². The standard InChI is InChI=1S/C7H8F2O3/c1-2-6(10)11-4-5-3-7(8,9)12-5/h2,5H,1,3-4H2. The predicted molar refractivity (Wildman–Crippen MR) is 35.6 cm³/mol. The lowest BCUT2D eigenvalue weighted by atomic mass is 10.2. The summed E-state index contributed by atoms with van der Waals surface area (Å²) < 4.78 is 32.6. The molecule has 3 nitrogen and oxygen atoms in total. The molecule has 0 aliphatic carbocycles. The van der Waals surface area contributed by atoms with E-state index in [-0.39, 0.29) is 6.61 Å². The lowest BCUT2D eigenvalue weighted by Crippen LogP contribution is -2.46. The number of carbonyl (C=O) groups excluding carboxylic acids is 1. The van der Waals surface area contributed by atoms with E-state index in [2.05, 4.69) is 16.1 Å². The van der Waals surface area contributed by atoms with Gasteiger partial charge in [0.1, 0.15) is 12.7 Å². The summed E-state index contributed by atoms with van der Waals surface area (Å²) >= 11 is 0. The number of hydrogen-bond acceptors (Lipinski definition) is 3. The summed E-state index contributed by atoms with van der Waals surface area (Å²) in [5, 5.41) is 0. The van der Waals surface area contributed by atoms with Crippen molar-refractivity contribution in [3.63, 3.8) is 0 Å². The van der Waals surface area contributed by atoms with Crippen LogP contribution in [0.2, 0.25) is 0 Å². The van der Waals surface area contributed by atoms with Crippen LogP contribution in [0.5, 0.6) is 0 Å². The second-order valence-electron chi connectivity index (χ2n) is 2.42. The second kappa shape index (κ2) is 3.18. The van der Waals surface area contributed by atoms with E-state index in [1.165, 1.54) is 0 Å². The maximum absolute atomic E-state index is 12.0. The van der Waals surface area contributed by atoms with Crippen LogP contribution in [0.4, 0.5) is 8.78 Å². The number of esters is 1. The lowest BCUT2D eigenvalue weighted by molar-refractivity contribution is -0.355. The molecule has 0 aromatic rings. The van der Waals surface area contributed by atoms with E-state index < -0.39 is 24.6 Å². The number of rotatable bonds is 3. The highest BCUT2D eigenvalue weighted by molar-refractivity contribution is 5.81. The summed E-state index contributed by atoms with van der Waals surface area (Å²) in [6.45, 7) is 3.01. The molecule has 1 unspecified atom stereocenters. The van der Waals surface area contributed by atoms with Gasteiger partial charge in [0.2, 0.25) is 0 Å². The third kappa shape index (κ3) is 2.27. The van der Waals surface area contributed by atoms with Crippen LogP contribution in [-0.2, 0) is 14.3 Å². The van der Waals surface area contributed by atoms with Crippen molar-refractivity contribution in [3.05, 3.63) is 12.7 Å². The number of halogens is 2. The Morgan fingerprint density at radius 2 is 2.42 bits per heavy atom. The van der Waals surface area contributed by atoms with Crippen LogP contribution in [0, 0.1) is 0 Å².